The van der Waals surface area contributed by atoms with Crippen LogP contribution in [0, 0.1) is 0 Å². The van der Waals surface area contributed by atoms with Gasteiger partial charge in [-0.25, -0.2) is 15.0 Å². The number of anilines is 1. The summed E-state index contributed by atoms with van der Waals surface area (Å²) in [5.41, 5.74) is 7.23. The number of nitrogen functional groups attached to an aromatic ring is 1. The van der Waals surface area contributed by atoms with Crippen LogP contribution in [0.1, 0.15) is 26.2 Å². The fourth-order valence-electron chi connectivity index (χ4n) is 1.59. The summed E-state index contributed by atoms with van der Waals surface area (Å²) in [6.45, 7) is 3.13. The molecule has 0 bridgehead atoms. The monoisotopic (exact) mass is 245 g/mol. The molecule has 0 atom stereocenters. The van der Waals surface area contributed by atoms with Gasteiger partial charge in [0.15, 0.2) is 11.5 Å². The first kappa shape index (κ1) is 14.0. The number of fused-ring (bicyclic) bond motifs is 1. The van der Waals surface area contributed by atoms with E-state index in [1.807, 2.05) is 4.57 Å². The molecule has 16 heavy (non-hydrogen) atoms. The van der Waals surface area contributed by atoms with Crippen LogP contribution >= 0.6 is 0 Å². The Morgan fingerprint density at radius 3 is 2.81 bits per heavy atom. The van der Waals surface area contributed by atoms with Crippen LogP contribution in [-0.4, -0.2) is 70.9 Å². The Bertz CT molecular complexity index is 453. The van der Waals surface area contributed by atoms with Gasteiger partial charge in [-0.2, -0.15) is 0 Å². The average molecular weight is 245 g/mol. The van der Waals surface area contributed by atoms with E-state index >= 15 is 0 Å². The molecular formula is C10H16KN5. The van der Waals surface area contributed by atoms with E-state index in [-0.39, 0.29) is 51.4 Å². The summed E-state index contributed by atoms with van der Waals surface area (Å²) in [5, 5.41) is 0. The van der Waals surface area contributed by atoms with Crippen molar-refractivity contribution in [3.63, 3.8) is 0 Å². The predicted molar refractivity (Wildman–Crippen MR) is 66.4 cm³/mol. The Labute approximate surface area is 137 Å². The summed E-state index contributed by atoms with van der Waals surface area (Å²) in [6, 6.07) is 0. The van der Waals surface area contributed by atoms with Gasteiger partial charge in [0.1, 0.15) is 11.8 Å². The van der Waals surface area contributed by atoms with Crippen LogP contribution in [0.25, 0.3) is 11.2 Å². The summed E-state index contributed by atoms with van der Waals surface area (Å²) < 4.78 is 2.03. The molecule has 0 fully saturated rings. The zero-order chi connectivity index (χ0) is 10.7. The topological polar surface area (TPSA) is 69.6 Å². The standard InChI is InChI=1S/C10H15N5.K.H/c1-2-3-4-5-15-7-14-8-9(11)12-6-13-10(8)15;;/h6-7H,2-5H2,1H3,(H2,11,12,13);;. The minimum absolute atomic E-state index is 0. The fraction of sp³-hybridized carbons (Fsp3) is 0.500. The molecule has 0 spiro atoms. The molecule has 0 saturated carbocycles. The van der Waals surface area contributed by atoms with Gasteiger partial charge in [-0.3, -0.25) is 0 Å². The van der Waals surface area contributed by atoms with Gasteiger partial charge in [0.2, 0.25) is 0 Å². The van der Waals surface area contributed by atoms with Gasteiger partial charge in [-0.05, 0) is 6.42 Å². The Morgan fingerprint density at radius 2 is 2.06 bits per heavy atom. The van der Waals surface area contributed by atoms with Crippen LogP contribution in [0.15, 0.2) is 12.7 Å². The summed E-state index contributed by atoms with van der Waals surface area (Å²) in [4.78, 5) is 12.3. The zero-order valence-electron chi connectivity index (χ0n) is 8.85. The van der Waals surface area contributed by atoms with Gasteiger partial charge in [0.25, 0.3) is 0 Å². The number of nitrogens with two attached hydrogens (primary N) is 1. The first-order chi connectivity index (χ1) is 7.33. The van der Waals surface area contributed by atoms with Gasteiger partial charge in [-0.1, -0.05) is 19.8 Å². The molecule has 5 nitrogen and oxygen atoms in total. The second-order valence-electron chi connectivity index (χ2n) is 3.58. The molecule has 0 saturated heterocycles. The predicted octanol–water partition coefficient (Wildman–Crippen LogP) is 0.950. The van der Waals surface area contributed by atoms with Crippen molar-refractivity contribution in [3.05, 3.63) is 12.7 Å². The number of hydrogen-bond donors (Lipinski definition) is 1. The number of aromatic nitrogens is 4. The van der Waals surface area contributed by atoms with Gasteiger partial charge >= 0.3 is 51.4 Å². The molecule has 0 aliphatic heterocycles. The van der Waals surface area contributed by atoms with Crippen LogP contribution in [0.3, 0.4) is 0 Å². The van der Waals surface area contributed by atoms with Crippen molar-refractivity contribution in [1.82, 2.24) is 19.5 Å². The molecule has 82 valence electrons. The number of nitrogens with zero attached hydrogens (tertiary/aromatic N) is 4. The zero-order valence-corrected chi connectivity index (χ0v) is 8.85. The maximum absolute atomic E-state index is 5.70. The van der Waals surface area contributed by atoms with Crippen molar-refractivity contribution in [3.8, 4) is 0 Å². The van der Waals surface area contributed by atoms with Gasteiger partial charge in [-0.15, -0.1) is 0 Å². The van der Waals surface area contributed by atoms with Crippen molar-refractivity contribution in [1.29, 1.82) is 0 Å². The average Bonchev–Trinajstić information content (AvgIpc) is 2.64. The summed E-state index contributed by atoms with van der Waals surface area (Å²) in [6.07, 6.45) is 6.84. The van der Waals surface area contributed by atoms with E-state index in [4.69, 9.17) is 5.73 Å². The van der Waals surface area contributed by atoms with Gasteiger partial charge in [0, 0.05) is 6.54 Å². The number of aryl methyl sites for hydroxylation is 1. The SMILES string of the molecule is CCCCCn1cnc2c(N)ncnc21.[KH]. The van der Waals surface area contributed by atoms with Crippen LogP contribution in [-0.2, 0) is 6.54 Å². The van der Waals surface area contributed by atoms with Crippen LogP contribution in [0.5, 0.6) is 0 Å². The molecule has 0 aliphatic carbocycles. The Kier molecular flexibility index (Phi) is 5.84. The number of hydrogen-bond acceptors (Lipinski definition) is 4. The van der Waals surface area contributed by atoms with Crippen molar-refractivity contribution in [2.75, 3.05) is 5.73 Å². The van der Waals surface area contributed by atoms with E-state index < -0.39 is 0 Å². The van der Waals surface area contributed by atoms with E-state index in [0.717, 1.165) is 18.6 Å². The number of unbranched alkanes of at least 4 members (excludes halogenated alkanes) is 2. The van der Waals surface area contributed by atoms with Crippen molar-refractivity contribution in [2.24, 2.45) is 0 Å². The van der Waals surface area contributed by atoms with E-state index in [1.54, 1.807) is 6.33 Å². The van der Waals surface area contributed by atoms with Gasteiger partial charge < -0.3 is 10.3 Å². The molecule has 0 aromatic carbocycles. The molecule has 2 N–H and O–H groups in total. The first-order valence-corrected chi connectivity index (χ1v) is 5.24. The third-order valence-corrected chi connectivity index (χ3v) is 2.43. The maximum atomic E-state index is 5.70. The minimum atomic E-state index is 0. The van der Waals surface area contributed by atoms with E-state index in [1.165, 1.54) is 19.2 Å². The molecule has 0 amide bonds. The fourth-order valence-corrected chi connectivity index (χ4v) is 1.59. The Morgan fingerprint density at radius 1 is 1.25 bits per heavy atom. The molecule has 2 aromatic heterocycles. The van der Waals surface area contributed by atoms with Crippen molar-refractivity contribution in [2.45, 2.75) is 32.7 Å². The molecule has 0 radical (unpaired) electrons. The van der Waals surface area contributed by atoms with Crippen LogP contribution in [0.2, 0.25) is 0 Å². The van der Waals surface area contributed by atoms with Gasteiger partial charge in [0.05, 0.1) is 6.33 Å². The summed E-state index contributed by atoms with van der Waals surface area (Å²) in [7, 11) is 0. The summed E-state index contributed by atoms with van der Waals surface area (Å²) >= 11 is 0. The second kappa shape index (κ2) is 6.66. The first-order valence-electron chi connectivity index (χ1n) is 5.24. The van der Waals surface area contributed by atoms with E-state index in [2.05, 4.69) is 21.9 Å². The van der Waals surface area contributed by atoms with Crippen molar-refractivity contribution < 1.29 is 0 Å². The molecule has 2 heterocycles. The molecule has 2 rings (SSSR count). The second-order valence-corrected chi connectivity index (χ2v) is 3.58. The Balaban J connectivity index is 0.00000128. The summed E-state index contributed by atoms with van der Waals surface area (Å²) in [5.74, 6) is 0.453. The molecule has 6 heteroatoms. The molecule has 0 unspecified atom stereocenters. The third kappa shape index (κ3) is 3.01. The number of rotatable bonds is 4. The molecular weight excluding hydrogens is 229 g/mol. The van der Waals surface area contributed by atoms with Crippen LogP contribution in [0.4, 0.5) is 5.82 Å². The Hall–Kier alpha value is -0.0136. The van der Waals surface area contributed by atoms with E-state index in [0.29, 0.717) is 11.3 Å². The van der Waals surface area contributed by atoms with Crippen LogP contribution < -0.4 is 5.73 Å². The number of imidazole rings is 1. The third-order valence-electron chi connectivity index (χ3n) is 2.43. The van der Waals surface area contributed by atoms with E-state index in [9.17, 15) is 0 Å². The quantitative estimate of drug-likeness (QED) is 0.643. The normalized spacial score (nSPS) is 10.3. The van der Waals surface area contributed by atoms with Crippen molar-refractivity contribution >= 4 is 68.4 Å². The molecule has 0 aliphatic rings. The molecule has 2 aromatic rings.